The van der Waals surface area contributed by atoms with E-state index in [4.69, 9.17) is 4.42 Å². The number of benzene rings is 2. The van der Waals surface area contributed by atoms with Crippen LogP contribution in [-0.4, -0.2) is 0 Å². The largest absolute Gasteiger partial charge is 0.455 e. The van der Waals surface area contributed by atoms with Crippen molar-refractivity contribution >= 4 is 21.9 Å². The molecule has 0 aliphatic carbocycles. The summed E-state index contributed by atoms with van der Waals surface area (Å²) in [5.74, 6) is 0. The first-order valence-corrected chi connectivity index (χ1v) is 10.6. The van der Waals surface area contributed by atoms with Crippen molar-refractivity contribution in [3.05, 3.63) is 46.5 Å². The Bertz CT molecular complexity index is 869. The van der Waals surface area contributed by atoms with E-state index >= 15 is 0 Å². The fourth-order valence-electron chi connectivity index (χ4n) is 4.10. The molecule has 0 N–H and O–H groups in total. The summed E-state index contributed by atoms with van der Waals surface area (Å²) in [5, 5.41) is 2.55. The van der Waals surface area contributed by atoms with Crippen LogP contribution in [-0.2, 0) is 12.8 Å². The lowest BCUT2D eigenvalue weighted by Crippen LogP contribution is -1.90. The molecule has 1 heteroatoms. The lowest BCUT2D eigenvalue weighted by molar-refractivity contribution is 0.652. The normalized spacial score (nSPS) is 11.7. The summed E-state index contributed by atoms with van der Waals surface area (Å²) in [6.07, 6.45) is 11.4. The van der Waals surface area contributed by atoms with Crippen molar-refractivity contribution in [2.24, 2.45) is 0 Å². The van der Waals surface area contributed by atoms with Crippen LogP contribution in [0, 0.1) is 13.8 Å². The number of hydrogen-bond acceptors (Lipinski definition) is 1. The van der Waals surface area contributed by atoms with Crippen molar-refractivity contribution in [3.8, 4) is 0 Å². The molecule has 0 atom stereocenters. The van der Waals surface area contributed by atoms with Gasteiger partial charge in [0.05, 0.1) is 0 Å². The van der Waals surface area contributed by atoms with Crippen LogP contribution < -0.4 is 0 Å². The van der Waals surface area contributed by atoms with Crippen molar-refractivity contribution in [1.82, 2.24) is 0 Å². The maximum Gasteiger partial charge on any atom is 0.138 e. The van der Waals surface area contributed by atoms with E-state index in [0.717, 1.165) is 17.6 Å². The number of rotatable bonds is 9. The molecule has 2 aromatic carbocycles. The maximum absolute atomic E-state index is 6.43. The summed E-state index contributed by atoms with van der Waals surface area (Å²) < 4.78 is 6.43. The average molecular weight is 351 g/mol. The Labute approximate surface area is 158 Å². The topological polar surface area (TPSA) is 13.1 Å². The predicted molar refractivity (Wildman–Crippen MR) is 114 cm³/mol. The van der Waals surface area contributed by atoms with Gasteiger partial charge in [0.1, 0.15) is 11.2 Å². The maximum atomic E-state index is 6.43. The highest BCUT2D eigenvalue weighted by molar-refractivity contribution is 6.07. The van der Waals surface area contributed by atoms with E-state index in [2.05, 4.69) is 52.0 Å². The predicted octanol–water partition coefficient (Wildman–Crippen LogP) is 8.06. The molecule has 1 nitrogen and oxygen atoms in total. The Morgan fingerprint density at radius 2 is 1.08 bits per heavy atom. The van der Waals surface area contributed by atoms with Gasteiger partial charge in [0.25, 0.3) is 0 Å². The van der Waals surface area contributed by atoms with Crippen LogP contribution in [0.25, 0.3) is 21.9 Å². The third-order valence-corrected chi connectivity index (χ3v) is 5.88. The number of aryl methyl sites for hydroxylation is 4. The third-order valence-electron chi connectivity index (χ3n) is 5.88. The highest BCUT2D eigenvalue weighted by Gasteiger charge is 2.15. The van der Waals surface area contributed by atoms with Crippen LogP contribution in [0.1, 0.15) is 81.0 Å². The molecule has 0 saturated heterocycles. The molecule has 0 saturated carbocycles. The van der Waals surface area contributed by atoms with Crippen molar-refractivity contribution in [3.63, 3.8) is 0 Å². The second-order valence-electron chi connectivity index (χ2n) is 7.82. The third kappa shape index (κ3) is 3.82. The SMILES string of the molecule is CCCCCCc1ccc2c(oc3c(C)c(CCCCC)ccc32)c1C. The molecule has 0 aliphatic heterocycles. The lowest BCUT2D eigenvalue weighted by atomic mass is 9.97. The van der Waals surface area contributed by atoms with Crippen LogP contribution in [0.3, 0.4) is 0 Å². The highest BCUT2D eigenvalue weighted by Crippen LogP contribution is 2.35. The van der Waals surface area contributed by atoms with Gasteiger partial charge in [0.15, 0.2) is 0 Å². The lowest BCUT2D eigenvalue weighted by Gasteiger charge is -2.06. The first-order chi connectivity index (χ1) is 12.7. The van der Waals surface area contributed by atoms with Gasteiger partial charge in [-0.1, -0.05) is 70.2 Å². The van der Waals surface area contributed by atoms with Crippen LogP contribution in [0.2, 0.25) is 0 Å². The number of furan rings is 1. The van der Waals surface area contributed by atoms with E-state index < -0.39 is 0 Å². The van der Waals surface area contributed by atoms with Gasteiger partial charge in [-0.3, -0.25) is 0 Å². The summed E-state index contributed by atoms with van der Waals surface area (Å²) in [6.45, 7) is 8.99. The summed E-state index contributed by atoms with van der Waals surface area (Å²) in [4.78, 5) is 0. The molecule has 1 heterocycles. The smallest absolute Gasteiger partial charge is 0.138 e. The molecule has 1 aromatic heterocycles. The molecular weight excluding hydrogens is 316 g/mol. The van der Waals surface area contributed by atoms with Crippen LogP contribution in [0.15, 0.2) is 28.7 Å². The Kier molecular flexibility index (Phi) is 6.40. The van der Waals surface area contributed by atoms with Gasteiger partial charge in [-0.2, -0.15) is 0 Å². The Balaban J connectivity index is 1.93. The molecule has 3 rings (SSSR count). The highest BCUT2D eigenvalue weighted by atomic mass is 16.3. The number of fused-ring (bicyclic) bond motifs is 3. The Morgan fingerprint density at radius 1 is 0.615 bits per heavy atom. The zero-order chi connectivity index (χ0) is 18.5. The second kappa shape index (κ2) is 8.75. The van der Waals surface area contributed by atoms with Gasteiger partial charge in [0, 0.05) is 10.8 Å². The van der Waals surface area contributed by atoms with Gasteiger partial charge < -0.3 is 4.42 Å². The second-order valence-corrected chi connectivity index (χ2v) is 7.82. The molecule has 0 bridgehead atoms. The molecule has 3 aromatic rings. The van der Waals surface area contributed by atoms with Crippen LogP contribution in [0.5, 0.6) is 0 Å². The Hall–Kier alpha value is -1.76. The monoisotopic (exact) mass is 350 g/mol. The average Bonchev–Trinajstić information content (AvgIpc) is 3.03. The van der Waals surface area contributed by atoms with Crippen molar-refractivity contribution in [2.75, 3.05) is 0 Å². The number of unbranched alkanes of at least 4 members (excludes halogenated alkanes) is 5. The minimum absolute atomic E-state index is 1.10. The van der Waals surface area contributed by atoms with E-state index in [1.165, 1.54) is 84.4 Å². The number of hydrogen-bond donors (Lipinski definition) is 0. The fourth-order valence-corrected chi connectivity index (χ4v) is 4.10. The standard InChI is InChI=1S/C25H34O/c1-5-7-9-11-13-21-15-17-23-22-16-14-20(12-10-8-6-2)18(3)24(22)26-25(23)19(21)4/h14-17H,5-13H2,1-4H3. The summed E-state index contributed by atoms with van der Waals surface area (Å²) >= 11 is 0. The molecule has 0 aliphatic rings. The van der Waals surface area contributed by atoms with Crippen molar-refractivity contribution in [2.45, 2.75) is 85.5 Å². The van der Waals surface area contributed by atoms with Gasteiger partial charge in [-0.05, 0) is 61.8 Å². The molecule has 140 valence electrons. The quantitative estimate of drug-likeness (QED) is 0.356. The van der Waals surface area contributed by atoms with Crippen molar-refractivity contribution in [1.29, 1.82) is 0 Å². The molecule has 0 fully saturated rings. The zero-order valence-corrected chi connectivity index (χ0v) is 17.1. The molecule has 0 amide bonds. The fraction of sp³-hybridized carbons (Fsp3) is 0.520. The van der Waals surface area contributed by atoms with E-state index in [0.29, 0.717) is 0 Å². The summed E-state index contributed by atoms with van der Waals surface area (Å²) in [7, 11) is 0. The van der Waals surface area contributed by atoms with E-state index in [1.54, 1.807) is 0 Å². The van der Waals surface area contributed by atoms with Crippen molar-refractivity contribution < 1.29 is 4.42 Å². The van der Waals surface area contributed by atoms with Gasteiger partial charge in [-0.15, -0.1) is 0 Å². The van der Waals surface area contributed by atoms with Crippen LogP contribution in [0.4, 0.5) is 0 Å². The minimum Gasteiger partial charge on any atom is -0.455 e. The first kappa shape index (κ1) is 19.0. The zero-order valence-electron chi connectivity index (χ0n) is 17.1. The molecule has 0 unspecified atom stereocenters. The van der Waals surface area contributed by atoms with Crippen LogP contribution >= 0.6 is 0 Å². The van der Waals surface area contributed by atoms with Gasteiger partial charge in [0.2, 0.25) is 0 Å². The van der Waals surface area contributed by atoms with E-state index in [1.807, 2.05) is 0 Å². The van der Waals surface area contributed by atoms with E-state index in [9.17, 15) is 0 Å². The minimum atomic E-state index is 1.10. The van der Waals surface area contributed by atoms with E-state index in [-0.39, 0.29) is 0 Å². The summed E-state index contributed by atoms with van der Waals surface area (Å²) in [5.41, 5.74) is 7.76. The molecule has 26 heavy (non-hydrogen) atoms. The molecule has 0 spiro atoms. The molecular formula is C25H34O. The Morgan fingerprint density at radius 3 is 1.58 bits per heavy atom. The summed E-state index contributed by atoms with van der Waals surface area (Å²) in [6, 6.07) is 9.19. The van der Waals surface area contributed by atoms with Gasteiger partial charge >= 0.3 is 0 Å². The first-order valence-electron chi connectivity index (χ1n) is 10.6. The van der Waals surface area contributed by atoms with Gasteiger partial charge in [-0.25, -0.2) is 0 Å². The molecule has 0 radical (unpaired) electrons.